The summed E-state index contributed by atoms with van der Waals surface area (Å²) in [6.07, 6.45) is 0. The molecule has 1 aromatic heterocycles. The van der Waals surface area contributed by atoms with Crippen molar-refractivity contribution in [2.75, 3.05) is 5.32 Å². The average Bonchev–Trinajstić information content (AvgIpc) is 2.45. The molecule has 0 unspecified atom stereocenters. The number of carbonyl (C=O) groups excluding carboxylic acids is 2. The van der Waals surface area contributed by atoms with Gasteiger partial charge in [0.2, 0.25) is 0 Å². The van der Waals surface area contributed by atoms with Gasteiger partial charge in [0.15, 0.2) is 0 Å². The van der Waals surface area contributed by atoms with Crippen molar-refractivity contribution < 1.29 is 9.59 Å². The lowest BCUT2D eigenvalue weighted by Gasteiger charge is -2.07. The van der Waals surface area contributed by atoms with Crippen LogP contribution in [0.15, 0.2) is 42.5 Å². The minimum atomic E-state index is -0.610. The Morgan fingerprint density at radius 2 is 1.86 bits per heavy atom. The third-order valence-corrected chi connectivity index (χ3v) is 2.80. The summed E-state index contributed by atoms with van der Waals surface area (Å²) in [5, 5.41) is 5.26. The van der Waals surface area contributed by atoms with E-state index in [9.17, 15) is 9.59 Å². The molecule has 0 saturated carbocycles. The summed E-state index contributed by atoms with van der Waals surface area (Å²) in [6, 6.07) is 11.7. The van der Waals surface area contributed by atoms with Crippen molar-refractivity contribution in [3.8, 4) is 0 Å². The lowest BCUT2D eigenvalue weighted by molar-refractivity contribution is 0.0945. The predicted molar refractivity (Wildman–Crippen MR) is 79.8 cm³/mol. The maximum absolute atomic E-state index is 11.9. The Balaban J connectivity index is 1.93. The zero-order valence-corrected chi connectivity index (χ0v) is 11.6. The maximum Gasteiger partial charge on any atom is 0.316 e. The van der Waals surface area contributed by atoms with E-state index in [1.165, 1.54) is 0 Å². The van der Waals surface area contributed by atoms with Gasteiger partial charge in [-0.15, -0.1) is 0 Å². The van der Waals surface area contributed by atoms with Gasteiger partial charge in [0.05, 0.1) is 0 Å². The molecule has 6 heteroatoms. The first kappa shape index (κ1) is 14.5. The zero-order chi connectivity index (χ0) is 15.2. The Kier molecular flexibility index (Phi) is 4.50. The van der Waals surface area contributed by atoms with E-state index >= 15 is 0 Å². The van der Waals surface area contributed by atoms with Gasteiger partial charge in [-0.3, -0.25) is 4.79 Å². The molecule has 2 aromatic rings. The molecule has 0 aliphatic rings. The molecule has 0 fully saturated rings. The van der Waals surface area contributed by atoms with Crippen LogP contribution in [0.1, 0.15) is 21.7 Å². The molecule has 0 radical (unpaired) electrons. The highest BCUT2D eigenvalue weighted by Crippen LogP contribution is 2.09. The van der Waals surface area contributed by atoms with E-state index in [4.69, 9.17) is 5.73 Å². The van der Waals surface area contributed by atoms with Crippen LogP contribution in [0.5, 0.6) is 0 Å². The van der Waals surface area contributed by atoms with E-state index < -0.39 is 6.03 Å². The van der Waals surface area contributed by atoms with Crippen LogP contribution < -0.4 is 16.4 Å². The third-order valence-electron chi connectivity index (χ3n) is 2.80. The first-order chi connectivity index (χ1) is 10.0. The molecule has 1 aromatic carbocycles. The zero-order valence-electron chi connectivity index (χ0n) is 11.6. The van der Waals surface area contributed by atoms with Crippen molar-refractivity contribution in [2.24, 2.45) is 5.73 Å². The lowest BCUT2D eigenvalue weighted by Crippen LogP contribution is -2.24. The fourth-order valence-corrected chi connectivity index (χ4v) is 1.79. The van der Waals surface area contributed by atoms with Crippen LogP contribution in [0.3, 0.4) is 0 Å². The van der Waals surface area contributed by atoms with Gasteiger partial charge in [0, 0.05) is 17.9 Å². The van der Waals surface area contributed by atoms with Crippen LogP contribution in [-0.4, -0.2) is 16.9 Å². The molecule has 4 N–H and O–H groups in total. The molecule has 0 bridgehead atoms. The molecule has 0 saturated heterocycles. The van der Waals surface area contributed by atoms with Crippen LogP contribution in [-0.2, 0) is 6.54 Å². The molecule has 0 atom stereocenters. The molecule has 0 aliphatic carbocycles. The number of anilines is 1. The number of rotatable bonds is 4. The smallest absolute Gasteiger partial charge is 0.316 e. The fraction of sp³-hybridized carbons (Fsp3) is 0.133. The molecule has 21 heavy (non-hydrogen) atoms. The van der Waals surface area contributed by atoms with Crippen LogP contribution in [0.25, 0.3) is 0 Å². The molecule has 0 aliphatic heterocycles. The summed E-state index contributed by atoms with van der Waals surface area (Å²) in [5.41, 5.74) is 7.73. The molecule has 2 rings (SSSR count). The number of aryl methyl sites for hydroxylation is 1. The number of benzene rings is 1. The number of carbonyl (C=O) groups is 2. The number of primary amides is 1. The number of pyridine rings is 1. The number of hydrogen-bond acceptors (Lipinski definition) is 3. The van der Waals surface area contributed by atoms with Gasteiger partial charge in [-0.25, -0.2) is 9.78 Å². The van der Waals surface area contributed by atoms with Gasteiger partial charge in [0.1, 0.15) is 5.69 Å². The van der Waals surface area contributed by atoms with E-state index in [0.29, 0.717) is 17.9 Å². The average molecular weight is 284 g/mol. The van der Waals surface area contributed by atoms with Gasteiger partial charge in [0.25, 0.3) is 5.91 Å². The van der Waals surface area contributed by atoms with E-state index in [1.807, 2.05) is 13.0 Å². The molecule has 6 nitrogen and oxygen atoms in total. The second-order valence-electron chi connectivity index (χ2n) is 4.53. The largest absolute Gasteiger partial charge is 0.351 e. The van der Waals surface area contributed by atoms with Crippen LogP contribution >= 0.6 is 0 Å². The Bertz CT molecular complexity index is 653. The van der Waals surface area contributed by atoms with E-state index in [2.05, 4.69) is 15.6 Å². The third kappa shape index (κ3) is 4.31. The lowest BCUT2D eigenvalue weighted by atomic mass is 10.2. The molecular formula is C15H16N4O2. The summed E-state index contributed by atoms with van der Waals surface area (Å²) >= 11 is 0. The molecule has 3 amide bonds. The first-order valence-corrected chi connectivity index (χ1v) is 6.42. The maximum atomic E-state index is 11.9. The highest BCUT2D eigenvalue weighted by molar-refractivity contribution is 5.92. The molecule has 108 valence electrons. The molecular weight excluding hydrogens is 268 g/mol. The fourth-order valence-electron chi connectivity index (χ4n) is 1.79. The number of nitrogens with one attached hydrogen (secondary N) is 2. The number of hydrogen-bond donors (Lipinski definition) is 3. The van der Waals surface area contributed by atoms with Gasteiger partial charge in [-0.2, -0.15) is 0 Å². The van der Waals surface area contributed by atoms with Crippen molar-refractivity contribution in [3.63, 3.8) is 0 Å². The van der Waals surface area contributed by atoms with Crippen molar-refractivity contribution in [1.29, 1.82) is 0 Å². The number of amides is 3. The predicted octanol–water partition coefficient (Wildman–Crippen LogP) is 1.81. The number of aromatic nitrogens is 1. The number of nitrogens with zero attached hydrogens (tertiary/aromatic N) is 1. The van der Waals surface area contributed by atoms with Gasteiger partial charge in [-0.1, -0.05) is 18.2 Å². The van der Waals surface area contributed by atoms with Crippen LogP contribution in [0.2, 0.25) is 0 Å². The summed E-state index contributed by atoms with van der Waals surface area (Å²) < 4.78 is 0. The Morgan fingerprint density at radius 3 is 2.48 bits per heavy atom. The highest BCUT2D eigenvalue weighted by Gasteiger charge is 2.06. The van der Waals surface area contributed by atoms with Crippen molar-refractivity contribution in [1.82, 2.24) is 10.3 Å². The topological polar surface area (TPSA) is 97.1 Å². The minimum Gasteiger partial charge on any atom is -0.351 e. The monoisotopic (exact) mass is 284 g/mol. The van der Waals surface area contributed by atoms with Crippen molar-refractivity contribution in [2.45, 2.75) is 13.5 Å². The summed E-state index contributed by atoms with van der Waals surface area (Å²) in [5.74, 6) is -0.224. The Hall–Kier alpha value is -2.89. The van der Waals surface area contributed by atoms with Gasteiger partial charge in [-0.05, 0) is 36.8 Å². The van der Waals surface area contributed by atoms with Crippen molar-refractivity contribution in [3.05, 3.63) is 59.4 Å². The van der Waals surface area contributed by atoms with E-state index in [1.54, 1.807) is 36.4 Å². The van der Waals surface area contributed by atoms with Gasteiger partial charge >= 0.3 is 6.03 Å². The normalized spacial score (nSPS) is 9.95. The van der Waals surface area contributed by atoms with Crippen LogP contribution in [0, 0.1) is 6.92 Å². The summed E-state index contributed by atoms with van der Waals surface area (Å²) in [4.78, 5) is 26.8. The Labute approximate surface area is 122 Å². The quantitative estimate of drug-likeness (QED) is 0.798. The SMILES string of the molecule is Cc1cccc(C(=O)NCc2ccc(NC(N)=O)cc2)n1. The molecule has 0 spiro atoms. The van der Waals surface area contributed by atoms with E-state index in [0.717, 1.165) is 11.3 Å². The van der Waals surface area contributed by atoms with E-state index in [-0.39, 0.29) is 5.91 Å². The van der Waals surface area contributed by atoms with Gasteiger partial charge < -0.3 is 16.4 Å². The standard InChI is InChI=1S/C15H16N4O2/c1-10-3-2-4-13(18-10)14(20)17-9-11-5-7-12(8-6-11)19-15(16)21/h2-8H,9H2,1H3,(H,17,20)(H3,16,19,21). The number of urea groups is 1. The minimum absolute atomic E-state index is 0.224. The van der Waals surface area contributed by atoms with Crippen LogP contribution in [0.4, 0.5) is 10.5 Å². The molecule has 1 heterocycles. The Morgan fingerprint density at radius 1 is 1.14 bits per heavy atom. The van der Waals surface area contributed by atoms with Crippen molar-refractivity contribution >= 4 is 17.6 Å². The summed E-state index contributed by atoms with van der Waals surface area (Å²) in [7, 11) is 0. The second kappa shape index (κ2) is 6.51. The number of nitrogens with two attached hydrogens (primary N) is 1. The highest BCUT2D eigenvalue weighted by atomic mass is 16.2. The summed E-state index contributed by atoms with van der Waals surface area (Å²) in [6.45, 7) is 2.21. The second-order valence-corrected chi connectivity index (χ2v) is 4.53. The first-order valence-electron chi connectivity index (χ1n) is 6.42.